The average molecular weight is 166 g/mol. The van der Waals surface area contributed by atoms with Gasteiger partial charge in [0.05, 0.1) is 0 Å². The van der Waals surface area contributed by atoms with Crippen molar-refractivity contribution in [1.82, 2.24) is 10.3 Å². The smallest absolute Gasteiger partial charge is 0.267 e. The highest BCUT2D eigenvalue weighted by Gasteiger charge is 2.07. The van der Waals surface area contributed by atoms with Crippen LogP contribution in [0, 0.1) is 0 Å². The van der Waals surface area contributed by atoms with Gasteiger partial charge in [0.25, 0.3) is 5.91 Å². The molecule has 12 heavy (non-hydrogen) atoms. The number of amides is 1. The van der Waals surface area contributed by atoms with Crippen LogP contribution in [0.15, 0.2) is 18.3 Å². The zero-order chi connectivity index (χ0) is 8.97. The standard InChI is InChI=1S/C9H14N2O/c1-3-7(2)11-9(12)8-5-4-6-10-8/h4-7,10H,3H2,1-2H3,(H,11,12)/t7-/m0/s1. The molecule has 1 atom stereocenters. The number of carbonyl (C=O) groups excluding carboxylic acids is 1. The molecule has 1 aromatic rings. The van der Waals surface area contributed by atoms with Crippen molar-refractivity contribution < 1.29 is 4.79 Å². The van der Waals surface area contributed by atoms with E-state index in [-0.39, 0.29) is 11.9 Å². The summed E-state index contributed by atoms with van der Waals surface area (Å²) < 4.78 is 0. The number of hydrogen-bond acceptors (Lipinski definition) is 1. The number of hydrogen-bond donors (Lipinski definition) is 2. The third-order valence-electron chi connectivity index (χ3n) is 1.83. The van der Waals surface area contributed by atoms with Crippen LogP contribution in [0.4, 0.5) is 0 Å². The number of carbonyl (C=O) groups is 1. The van der Waals surface area contributed by atoms with Crippen molar-refractivity contribution in [2.75, 3.05) is 0 Å². The van der Waals surface area contributed by atoms with E-state index in [1.165, 1.54) is 0 Å². The van der Waals surface area contributed by atoms with Gasteiger partial charge >= 0.3 is 0 Å². The number of aromatic nitrogens is 1. The molecule has 1 amide bonds. The zero-order valence-corrected chi connectivity index (χ0v) is 7.42. The van der Waals surface area contributed by atoms with E-state index in [0.717, 1.165) is 6.42 Å². The second-order valence-corrected chi connectivity index (χ2v) is 2.87. The SMILES string of the molecule is CC[C@H](C)NC(=O)c1ccc[nH]1. The Morgan fingerprint density at radius 3 is 3.00 bits per heavy atom. The molecule has 0 aliphatic rings. The van der Waals surface area contributed by atoms with Gasteiger partial charge in [-0.25, -0.2) is 0 Å². The van der Waals surface area contributed by atoms with Gasteiger partial charge in [-0.2, -0.15) is 0 Å². The van der Waals surface area contributed by atoms with Crippen molar-refractivity contribution >= 4 is 5.91 Å². The highest BCUT2D eigenvalue weighted by molar-refractivity contribution is 5.92. The molecule has 1 heterocycles. The minimum atomic E-state index is -0.0330. The summed E-state index contributed by atoms with van der Waals surface area (Å²) in [5.74, 6) is -0.0330. The Morgan fingerprint density at radius 2 is 2.50 bits per heavy atom. The van der Waals surface area contributed by atoms with E-state index in [2.05, 4.69) is 10.3 Å². The lowest BCUT2D eigenvalue weighted by atomic mass is 10.2. The van der Waals surface area contributed by atoms with Crippen molar-refractivity contribution in [1.29, 1.82) is 0 Å². The van der Waals surface area contributed by atoms with Crippen LogP contribution in [0.2, 0.25) is 0 Å². The predicted molar refractivity (Wildman–Crippen MR) is 48.0 cm³/mol. The summed E-state index contributed by atoms with van der Waals surface area (Å²) in [6.45, 7) is 4.03. The van der Waals surface area contributed by atoms with Crippen LogP contribution in [0.25, 0.3) is 0 Å². The van der Waals surface area contributed by atoms with Crippen LogP contribution >= 0.6 is 0 Å². The van der Waals surface area contributed by atoms with Crippen LogP contribution in [0.1, 0.15) is 30.8 Å². The van der Waals surface area contributed by atoms with E-state index in [1.807, 2.05) is 19.9 Å². The van der Waals surface area contributed by atoms with Crippen LogP contribution in [-0.4, -0.2) is 16.9 Å². The van der Waals surface area contributed by atoms with Gasteiger partial charge in [0.15, 0.2) is 0 Å². The molecule has 0 bridgehead atoms. The van der Waals surface area contributed by atoms with Gasteiger partial charge in [-0.05, 0) is 25.5 Å². The van der Waals surface area contributed by atoms with E-state index < -0.39 is 0 Å². The quantitative estimate of drug-likeness (QED) is 0.703. The van der Waals surface area contributed by atoms with Gasteiger partial charge in [-0.1, -0.05) is 6.92 Å². The highest BCUT2D eigenvalue weighted by Crippen LogP contribution is 1.96. The van der Waals surface area contributed by atoms with E-state index in [4.69, 9.17) is 0 Å². The summed E-state index contributed by atoms with van der Waals surface area (Å²) in [5, 5.41) is 2.86. The molecule has 0 fully saturated rings. The van der Waals surface area contributed by atoms with Crippen molar-refractivity contribution in [2.24, 2.45) is 0 Å². The fourth-order valence-electron chi connectivity index (χ4n) is 0.875. The molecule has 0 spiro atoms. The molecule has 2 N–H and O–H groups in total. The topological polar surface area (TPSA) is 44.9 Å². The average Bonchev–Trinajstić information content (AvgIpc) is 2.56. The van der Waals surface area contributed by atoms with Crippen LogP contribution in [-0.2, 0) is 0 Å². The second-order valence-electron chi connectivity index (χ2n) is 2.87. The molecule has 1 rings (SSSR count). The highest BCUT2D eigenvalue weighted by atomic mass is 16.1. The summed E-state index contributed by atoms with van der Waals surface area (Å²) >= 11 is 0. The Bertz CT molecular complexity index is 241. The molecule has 1 aromatic heterocycles. The molecular weight excluding hydrogens is 152 g/mol. The van der Waals surface area contributed by atoms with Crippen LogP contribution in [0.5, 0.6) is 0 Å². The number of H-pyrrole nitrogens is 1. The third kappa shape index (κ3) is 2.12. The van der Waals surface area contributed by atoms with Crippen molar-refractivity contribution in [3.8, 4) is 0 Å². The van der Waals surface area contributed by atoms with E-state index in [9.17, 15) is 4.79 Å². The monoisotopic (exact) mass is 166 g/mol. The summed E-state index contributed by atoms with van der Waals surface area (Å²) in [4.78, 5) is 14.2. The molecule has 66 valence electrons. The first kappa shape index (κ1) is 8.84. The molecule has 0 aromatic carbocycles. The largest absolute Gasteiger partial charge is 0.357 e. The minimum Gasteiger partial charge on any atom is -0.357 e. The molecule has 3 heteroatoms. The lowest BCUT2D eigenvalue weighted by Crippen LogP contribution is -2.32. The zero-order valence-electron chi connectivity index (χ0n) is 7.42. The van der Waals surface area contributed by atoms with Gasteiger partial charge in [0, 0.05) is 12.2 Å². The first-order valence-electron chi connectivity index (χ1n) is 4.18. The van der Waals surface area contributed by atoms with Crippen molar-refractivity contribution in [3.63, 3.8) is 0 Å². The van der Waals surface area contributed by atoms with E-state index >= 15 is 0 Å². The Hall–Kier alpha value is -1.25. The lowest BCUT2D eigenvalue weighted by molar-refractivity contribution is 0.0935. The first-order valence-corrected chi connectivity index (χ1v) is 4.18. The summed E-state index contributed by atoms with van der Waals surface area (Å²) in [7, 11) is 0. The number of nitrogens with one attached hydrogen (secondary N) is 2. The fourth-order valence-corrected chi connectivity index (χ4v) is 0.875. The first-order chi connectivity index (χ1) is 5.74. The van der Waals surface area contributed by atoms with Gasteiger partial charge in [-0.3, -0.25) is 4.79 Å². The lowest BCUT2D eigenvalue weighted by Gasteiger charge is -2.09. The van der Waals surface area contributed by atoms with Crippen LogP contribution in [0.3, 0.4) is 0 Å². The third-order valence-corrected chi connectivity index (χ3v) is 1.83. The fraction of sp³-hybridized carbons (Fsp3) is 0.444. The second kappa shape index (κ2) is 3.95. The number of rotatable bonds is 3. The van der Waals surface area contributed by atoms with Gasteiger partial charge in [0.1, 0.15) is 5.69 Å². The molecule has 3 nitrogen and oxygen atoms in total. The van der Waals surface area contributed by atoms with Gasteiger partial charge in [-0.15, -0.1) is 0 Å². The maximum Gasteiger partial charge on any atom is 0.267 e. The van der Waals surface area contributed by atoms with E-state index in [0.29, 0.717) is 5.69 Å². The molecule has 0 saturated heterocycles. The molecule has 0 aliphatic heterocycles. The van der Waals surface area contributed by atoms with Crippen LogP contribution < -0.4 is 5.32 Å². The van der Waals surface area contributed by atoms with Crippen molar-refractivity contribution in [3.05, 3.63) is 24.0 Å². The Kier molecular flexibility index (Phi) is 2.91. The predicted octanol–water partition coefficient (Wildman–Crippen LogP) is 1.54. The summed E-state index contributed by atoms with van der Waals surface area (Å²) in [5.41, 5.74) is 0.621. The molecule has 0 saturated carbocycles. The van der Waals surface area contributed by atoms with Crippen molar-refractivity contribution in [2.45, 2.75) is 26.3 Å². The van der Waals surface area contributed by atoms with E-state index in [1.54, 1.807) is 12.3 Å². The Balaban J connectivity index is 2.50. The molecule has 0 aliphatic carbocycles. The molecule has 0 radical (unpaired) electrons. The molecule has 0 unspecified atom stereocenters. The summed E-state index contributed by atoms with van der Waals surface area (Å²) in [6.07, 6.45) is 2.69. The normalized spacial score (nSPS) is 12.5. The Morgan fingerprint density at radius 1 is 1.75 bits per heavy atom. The van der Waals surface area contributed by atoms with Gasteiger partial charge < -0.3 is 10.3 Å². The number of aromatic amines is 1. The maximum atomic E-state index is 11.3. The maximum absolute atomic E-state index is 11.3. The van der Waals surface area contributed by atoms with Gasteiger partial charge in [0.2, 0.25) is 0 Å². The Labute approximate surface area is 72.2 Å². The molecular formula is C9H14N2O. The summed E-state index contributed by atoms with van der Waals surface area (Å²) in [6, 6.07) is 3.81. The minimum absolute atomic E-state index is 0.0330.